The Morgan fingerprint density at radius 3 is 1.88 bits per heavy atom. The molecule has 0 saturated heterocycles. The summed E-state index contributed by atoms with van der Waals surface area (Å²) in [5, 5.41) is 2.57. The molecule has 1 N–H and O–H groups in total. The van der Waals surface area contributed by atoms with E-state index in [-0.39, 0.29) is 11.8 Å². The van der Waals surface area contributed by atoms with Crippen molar-refractivity contribution in [2.24, 2.45) is 0 Å². The van der Waals surface area contributed by atoms with E-state index in [1.165, 1.54) is 25.9 Å². The van der Waals surface area contributed by atoms with E-state index in [2.05, 4.69) is 10.1 Å². The van der Waals surface area contributed by atoms with E-state index in [1.54, 1.807) is 14.1 Å². The average molecular weight is 338 g/mol. The minimum atomic E-state index is -0.620. The summed E-state index contributed by atoms with van der Waals surface area (Å²) >= 11 is 0. The molecule has 0 bridgehead atoms. The van der Waals surface area contributed by atoms with Gasteiger partial charge in [0.1, 0.15) is 6.04 Å². The molecule has 6 nitrogen and oxygen atoms in total. The first-order valence-electron chi connectivity index (χ1n) is 7.84. The van der Waals surface area contributed by atoms with Crippen molar-refractivity contribution in [2.45, 2.75) is 40.2 Å². The summed E-state index contributed by atoms with van der Waals surface area (Å²) in [6.45, 7) is 6.90. The lowest BCUT2D eigenvalue weighted by atomic mass is 10.1. The van der Waals surface area contributed by atoms with Gasteiger partial charge < -0.3 is 15.0 Å². The summed E-state index contributed by atoms with van der Waals surface area (Å²) in [5.74, 6) is -0.583. The number of ether oxygens (including phenoxy) is 1. The predicted octanol–water partition coefficient (Wildman–Crippen LogP) is 2.03. The highest BCUT2D eigenvalue weighted by atomic mass is 16.5. The third kappa shape index (κ3) is 12.2. The van der Waals surface area contributed by atoms with Gasteiger partial charge in [-0.3, -0.25) is 9.59 Å². The standard InChI is InChI=1S/C12H15NO3.C4H9NO.C2H6/c1-9(14)13-11(12(15)16-2)8-10-6-4-3-5-7-10;1-4(6)5(2)3;1-2/h3-7,11H,8H2,1-2H3,(H,13,14);1-3H3;1-2H3. The topological polar surface area (TPSA) is 75.7 Å². The lowest BCUT2D eigenvalue weighted by Crippen LogP contribution is -2.41. The van der Waals surface area contributed by atoms with Gasteiger partial charge >= 0.3 is 5.97 Å². The molecule has 1 rings (SSSR count). The molecule has 0 fully saturated rings. The van der Waals surface area contributed by atoms with Crippen LogP contribution in [0.3, 0.4) is 0 Å². The van der Waals surface area contributed by atoms with Crippen molar-refractivity contribution < 1.29 is 19.1 Å². The molecular weight excluding hydrogens is 308 g/mol. The molecule has 24 heavy (non-hydrogen) atoms. The average Bonchev–Trinajstić information content (AvgIpc) is 2.56. The van der Waals surface area contributed by atoms with E-state index in [4.69, 9.17) is 0 Å². The Labute approximate surface area is 145 Å². The summed E-state index contributed by atoms with van der Waals surface area (Å²) in [4.78, 5) is 34.0. The molecule has 0 saturated carbocycles. The molecule has 0 aliphatic carbocycles. The highest BCUT2D eigenvalue weighted by Crippen LogP contribution is 2.04. The van der Waals surface area contributed by atoms with Crippen molar-refractivity contribution in [3.8, 4) is 0 Å². The smallest absolute Gasteiger partial charge is 0.328 e. The molecular formula is C18H30N2O4. The second-order valence-corrected chi connectivity index (χ2v) is 4.88. The van der Waals surface area contributed by atoms with Crippen LogP contribution >= 0.6 is 0 Å². The Bertz CT molecular complexity index is 487. The number of carbonyl (C=O) groups is 3. The molecule has 1 atom stereocenters. The van der Waals surface area contributed by atoms with E-state index in [0.717, 1.165) is 5.56 Å². The van der Waals surface area contributed by atoms with Crippen molar-refractivity contribution in [3.05, 3.63) is 35.9 Å². The number of amides is 2. The largest absolute Gasteiger partial charge is 0.467 e. The Morgan fingerprint density at radius 2 is 1.54 bits per heavy atom. The van der Waals surface area contributed by atoms with Gasteiger partial charge in [0.15, 0.2) is 0 Å². The molecule has 0 aliphatic rings. The van der Waals surface area contributed by atoms with Crippen molar-refractivity contribution in [3.63, 3.8) is 0 Å². The van der Waals surface area contributed by atoms with Gasteiger partial charge in [-0.15, -0.1) is 0 Å². The number of methoxy groups -OCH3 is 1. The van der Waals surface area contributed by atoms with Gasteiger partial charge in [-0.2, -0.15) is 0 Å². The molecule has 1 aromatic rings. The lowest BCUT2D eigenvalue weighted by molar-refractivity contribution is -0.144. The Hall–Kier alpha value is -2.37. The number of benzene rings is 1. The van der Waals surface area contributed by atoms with Gasteiger partial charge in [0.25, 0.3) is 0 Å². The highest BCUT2D eigenvalue weighted by molar-refractivity contribution is 5.83. The Morgan fingerprint density at radius 1 is 1.08 bits per heavy atom. The van der Waals surface area contributed by atoms with Crippen molar-refractivity contribution >= 4 is 17.8 Å². The molecule has 0 aliphatic heterocycles. The van der Waals surface area contributed by atoms with Crippen molar-refractivity contribution in [1.82, 2.24) is 10.2 Å². The Balaban J connectivity index is 0. The quantitative estimate of drug-likeness (QED) is 0.852. The number of hydrogen-bond donors (Lipinski definition) is 1. The zero-order valence-corrected chi connectivity index (χ0v) is 15.8. The van der Waals surface area contributed by atoms with Gasteiger partial charge in [-0.1, -0.05) is 44.2 Å². The molecule has 6 heteroatoms. The van der Waals surface area contributed by atoms with Gasteiger partial charge in [-0.25, -0.2) is 4.79 Å². The monoisotopic (exact) mass is 338 g/mol. The van der Waals surface area contributed by atoms with Crippen molar-refractivity contribution in [1.29, 1.82) is 0 Å². The number of hydrogen-bond acceptors (Lipinski definition) is 4. The molecule has 1 aromatic carbocycles. The third-order valence-electron chi connectivity index (χ3n) is 2.78. The minimum Gasteiger partial charge on any atom is -0.467 e. The van der Waals surface area contributed by atoms with E-state index >= 15 is 0 Å². The van der Waals surface area contributed by atoms with Crippen LogP contribution < -0.4 is 5.32 Å². The van der Waals surface area contributed by atoms with Crippen molar-refractivity contribution in [2.75, 3.05) is 21.2 Å². The number of nitrogens with zero attached hydrogens (tertiary/aromatic N) is 1. The Kier molecular flexibility index (Phi) is 14.2. The molecule has 136 valence electrons. The van der Waals surface area contributed by atoms with E-state index in [0.29, 0.717) is 6.42 Å². The van der Waals surface area contributed by atoms with Gasteiger partial charge in [0.05, 0.1) is 7.11 Å². The van der Waals surface area contributed by atoms with E-state index < -0.39 is 12.0 Å². The maximum Gasteiger partial charge on any atom is 0.328 e. The van der Waals surface area contributed by atoms with Crippen LogP contribution in [0.25, 0.3) is 0 Å². The number of esters is 1. The summed E-state index contributed by atoms with van der Waals surface area (Å²) in [6, 6.07) is 8.85. The summed E-state index contributed by atoms with van der Waals surface area (Å²) in [6.07, 6.45) is 0.438. The second-order valence-electron chi connectivity index (χ2n) is 4.88. The summed E-state index contributed by atoms with van der Waals surface area (Å²) in [5.41, 5.74) is 0.978. The number of rotatable bonds is 4. The summed E-state index contributed by atoms with van der Waals surface area (Å²) < 4.78 is 4.63. The number of carbonyl (C=O) groups excluding carboxylic acids is 3. The van der Waals surface area contributed by atoms with Gasteiger partial charge in [0.2, 0.25) is 11.8 Å². The normalized spacial score (nSPS) is 9.96. The molecule has 0 heterocycles. The zero-order chi connectivity index (χ0) is 19.1. The molecule has 2 amide bonds. The van der Waals surface area contributed by atoms with Crippen LogP contribution in [0, 0.1) is 0 Å². The fraction of sp³-hybridized carbons (Fsp3) is 0.500. The van der Waals surface area contributed by atoms with Gasteiger partial charge in [-0.05, 0) is 5.56 Å². The first kappa shape index (κ1) is 23.9. The van der Waals surface area contributed by atoms with Crippen LogP contribution in [0.2, 0.25) is 0 Å². The molecule has 0 radical (unpaired) electrons. The maximum absolute atomic E-state index is 11.4. The third-order valence-corrected chi connectivity index (χ3v) is 2.78. The zero-order valence-electron chi connectivity index (χ0n) is 15.8. The molecule has 1 unspecified atom stereocenters. The highest BCUT2D eigenvalue weighted by Gasteiger charge is 2.20. The van der Waals surface area contributed by atoms with Crippen LogP contribution in [0.15, 0.2) is 30.3 Å². The SMILES string of the molecule is CC.CC(=O)N(C)C.COC(=O)C(Cc1ccccc1)NC(C)=O. The fourth-order valence-electron chi connectivity index (χ4n) is 1.43. The first-order valence-corrected chi connectivity index (χ1v) is 7.84. The van der Waals surface area contributed by atoms with E-state index in [9.17, 15) is 14.4 Å². The lowest BCUT2D eigenvalue weighted by Gasteiger charge is -2.15. The molecule has 0 aromatic heterocycles. The fourth-order valence-corrected chi connectivity index (χ4v) is 1.43. The minimum absolute atomic E-state index is 0.0926. The summed E-state index contributed by atoms with van der Waals surface area (Å²) in [7, 11) is 4.76. The van der Waals surface area contributed by atoms with Crippen LogP contribution in [-0.2, 0) is 25.5 Å². The van der Waals surface area contributed by atoms with Crippen LogP contribution in [0.5, 0.6) is 0 Å². The first-order chi connectivity index (χ1) is 11.3. The van der Waals surface area contributed by atoms with Crippen LogP contribution in [-0.4, -0.2) is 49.9 Å². The van der Waals surface area contributed by atoms with E-state index in [1.807, 2.05) is 44.2 Å². The number of nitrogens with one attached hydrogen (secondary N) is 1. The predicted molar refractivity (Wildman–Crippen MR) is 95.5 cm³/mol. The van der Waals surface area contributed by atoms with Crippen LogP contribution in [0.1, 0.15) is 33.3 Å². The second kappa shape index (κ2) is 14.2. The van der Waals surface area contributed by atoms with Crippen LogP contribution in [0.4, 0.5) is 0 Å². The maximum atomic E-state index is 11.4. The van der Waals surface area contributed by atoms with Gasteiger partial charge in [0, 0.05) is 34.4 Å². The molecule has 0 spiro atoms.